The molecule has 4 atom stereocenters. The molecule has 2 amide bonds. The number of aromatic nitrogens is 1. The Morgan fingerprint density at radius 1 is 0.891 bits per heavy atom. The largest absolute Gasteiger partial charge is 0.508 e. The van der Waals surface area contributed by atoms with Gasteiger partial charge >= 0.3 is 0 Å². The number of phenolic OH excluding ortho intramolecular Hbond substituents is 1. The van der Waals surface area contributed by atoms with E-state index in [2.05, 4.69) is 92.7 Å². The fraction of sp³-hybridized carbons (Fsp3) is 0.413. The summed E-state index contributed by atoms with van der Waals surface area (Å²) in [5.74, 6) is 2.24. The molecule has 3 fully saturated rings. The summed E-state index contributed by atoms with van der Waals surface area (Å²) in [5.41, 5.74) is 8.72. The minimum Gasteiger partial charge on any atom is -0.508 e. The molecule has 284 valence electrons. The van der Waals surface area contributed by atoms with Gasteiger partial charge in [0.1, 0.15) is 29.8 Å². The quantitative estimate of drug-likeness (QED) is 0.187. The smallest absolute Gasteiger partial charge is 0.270 e. The van der Waals surface area contributed by atoms with Crippen molar-refractivity contribution in [1.82, 2.24) is 20.5 Å². The summed E-state index contributed by atoms with van der Waals surface area (Å²) in [6.07, 6.45) is 8.18. The maximum absolute atomic E-state index is 13.0. The number of nitrogens with one attached hydrogen (secondary N) is 2. The van der Waals surface area contributed by atoms with Crippen LogP contribution < -0.4 is 20.3 Å². The van der Waals surface area contributed by atoms with Crippen molar-refractivity contribution in [2.24, 2.45) is 5.92 Å². The molecule has 55 heavy (non-hydrogen) atoms. The lowest BCUT2D eigenvalue weighted by Gasteiger charge is -2.46. The maximum atomic E-state index is 13.0. The molecule has 9 rings (SSSR count). The van der Waals surface area contributed by atoms with Crippen molar-refractivity contribution in [3.8, 4) is 11.6 Å². The molecule has 1 saturated carbocycles. The summed E-state index contributed by atoms with van der Waals surface area (Å²) in [4.78, 5) is 34.8. The summed E-state index contributed by atoms with van der Waals surface area (Å²) < 4.78 is 6.15. The third-order valence-electron chi connectivity index (χ3n) is 13.0. The van der Waals surface area contributed by atoms with Gasteiger partial charge in [0.15, 0.2) is 0 Å². The molecule has 4 heterocycles. The van der Waals surface area contributed by atoms with Gasteiger partial charge in [-0.2, -0.15) is 0 Å². The zero-order chi connectivity index (χ0) is 37.5. The minimum absolute atomic E-state index is 0.235. The van der Waals surface area contributed by atoms with Crippen LogP contribution in [0.2, 0.25) is 0 Å². The highest BCUT2D eigenvalue weighted by Gasteiger charge is 2.36. The van der Waals surface area contributed by atoms with E-state index >= 15 is 0 Å². The molecular formula is C46H51N5O4. The van der Waals surface area contributed by atoms with Gasteiger partial charge in [-0.1, -0.05) is 67.2 Å². The lowest BCUT2D eigenvalue weighted by Crippen LogP contribution is -2.58. The van der Waals surface area contributed by atoms with Crippen LogP contribution in [0.15, 0.2) is 97.2 Å². The van der Waals surface area contributed by atoms with Crippen LogP contribution in [0.5, 0.6) is 11.6 Å². The number of allylic oxidation sites excluding steroid dienone is 1. The molecule has 0 spiro atoms. The van der Waals surface area contributed by atoms with Crippen LogP contribution in [0.4, 0.5) is 5.69 Å². The monoisotopic (exact) mass is 737 g/mol. The first-order chi connectivity index (χ1) is 26.9. The second kappa shape index (κ2) is 15.2. The van der Waals surface area contributed by atoms with Crippen molar-refractivity contribution >= 4 is 17.5 Å². The van der Waals surface area contributed by atoms with Crippen molar-refractivity contribution < 1.29 is 19.4 Å². The Balaban J connectivity index is 0.788. The number of carbonyl (C=O) groups is 2. The minimum atomic E-state index is -0.590. The first kappa shape index (κ1) is 35.5. The number of ether oxygens (including phenoxy) is 1. The van der Waals surface area contributed by atoms with E-state index < -0.39 is 6.04 Å². The third-order valence-corrected chi connectivity index (χ3v) is 13.0. The predicted octanol–water partition coefficient (Wildman–Crippen LogP) is 7.03. The van der Waals surface area contributed by atoms with E-state index in [1.165, 1.54) is 53.5 Å². The highest BCUT2D eigenvalue weighted by Crippen LogP contribution is 2.47. The Morgan fingerprint density at radius 2 is 1.69 bits per heavy atom. The number of fused-ring (bicyclic) bond motifs is 4. The third kappa shape index (κ3) is 7.34. The Hall–Kier alpha value is -5.15. The lowest BCUT2D eigenvalue weighted by atomic mass is 9.69. The number of aromatic hydroxyl groups is 1. The second-order valence-corrected chi connectivity index (χ2v) is 16.4. The molecular weight excluding hydrogens is 687 g/mol. The number of hydrogen-bond donors (Lipinski definition) is 3. The van der Waals surface area contributed by atoms with Gasteiger partial charge in [-0.25, -0.2) is 4.98 Å². The Labute approximate surface area is 323 Å². The molecule has 4 aromatic rings. The zero-order valence-electron chi connectivity index (χ0n) is 31.5. The summed E-state index contributed by atoms with van der Waals surface area (Å²) in [5, 5.41) is 15.8. The molecule has 9 nitrogen and oxygen atoms in total. The molecule has 2 aliphatic carbocycles. The number of anilines is 1. The standard InChI is InChI=1S/C46H51N5O4/c1-29-7-20-40(44(53)47-29)48-45(54)41-21-22-42-46(49-41)55-28-36-27-50(23-24-51(36)42)26-30-8-10-31(11-9-30)32-12-14-34(15-13-32)43-38(33-5-3-2-4-6-33)18-16-35-25-37(52)17-19-39(35)43/h2-6,12-15,17,19,21-22,25,30-31,36,38,40,43,52H,1,7-11,16,18,20,23-24,26-28H2,(H,47,53)(H,48,54)/t30?,31?,36-,38-,40+,43+/m1/s1. The van der Waals surface area contributed by atoms with Gasteiger partial charge in [-0.3, -0.25) is 14.5 Å². The van der Waals surface area contributed by atoms with E-state index in [1.54, 1.807) is 6.07 Å². The van der Waals surface area contributed by atoms with E-state index in [4.69, 9.17) is 4.74 Å². The summed E-state index contributed by atoms with van der Waals surface area (Å²) >= 11 is 0. The Bertz CT molecular complexity index is 2060. The molecule has 1 aromatic heterocycles. The van der Waals surface area contributed by atoms with Gasteiger partial charge in [-0.05, 0) is 121 Å². The second-order valence-electron chi connectivity index (χ2n) is 16.4. The van der Waals surface area contributed by atoms with Crippen LogP contribution in [0.3, 0.4) is 0 Å². The molecule has 3 aromatic carbocycles. The number of piperidine rings is 1. The van der Waals surface area contributed by atoms with E-state index in [0.717, 1.165) is 44.7 Å². The first-order valence-corrected chi connectivity index (χ1v) is 20.2. The number of amides is 2. The molecule has 3 aliphatic heterocycles. The van der Waals surface area contributed by atoms with E-state index in [0.29, 0.717) is 54.5 Å². The van der Waals surface area contributed by atoms with Crippen LogP contribution in [0.1, 0.15) is 101 Å². The van der Waals surface area contributed by atoms with Crippen LogP contribution >= 0.6 is 0 Å². The van der Waals surface area contributed by atoms with Crippen LogP contribution in [-0.2, 0) is 11.2 Å². The summed E-state index contributed by atoms with van der Waals surface area (Å²) in [6, 6.07) is 29.8. The fourth-order valence-corrected chi connectivity index (χ4v) is 10.0. The van der Waals surface area contributed by atoms with Crippen LogP contribution in [0, 0.1) is 5.92 Å². The van der Waals surface area contributed by atoms with Crippen molar-refractivity contribution in [3.05, 3.63) is 131 Å². The number of rotatable bonds is 7. The fourth-order valence-electron chi connectivity index (χ4n) is 10.0. The number of pyridine rings is 1. The normalized spacial score (nSPS) is 26.5. The number of benzene rings is 3. The van der Waals surface area contributed by atoms with Gasteiger partial charge in [0, 0.05) is 37.8 Å². The maximum Gasteiger partial charge on any atom is 0.270 e. The predicted molar refractivity (Wildman–Crippen MR) is 214 cm³/mol. The van der Waals surface area contributed by atoms with Crippen LogP contribution in [0.25, 0.3) is 0 Å². The topological polar surface area (TPSA) is 107 Å². The van der Waals surface area contributed by atoms with Crippen molar-refractivity contribution in [2.75, 3.05) is 37.7 Å². The molecule has 0 unspecified atom stereocenters. The highest BCUT2D eigenvalue weighted by molar-refractivity contribution is 5.97. The molecule has 0 bridgehead atoms. The number of aryl methyl sites for hydroxylation is 1. The number of carbonyl (C=O) groups excluding carboxylic acids is 2. The summed E-state index contributed by atoms with van der Waals surface area (Å²) in [6.45, 7) is 8.33. The Morgan fingerprint density at radius 3 is 2.49 bits per heavy atom. The summed E-state index contributed by atoms with van der Waals surface area (Å²) in [7, 11) is 0. The average Bonchev–Trinajstić information content (AvgIpc) is 3.21. The van der Waals surface area contributed by atoms with Crippen molar-refractivity contribution in [2.45, 2.75) is 81.2 Å². The number of hydrogen-bond acceptors (Lipinski definition) is 7. The number of phenols is 1. The lowest BCUT2D eigenvalue weighted by molar-refractivity contribution is -0.123. The molecule has 2 saturated heterocycles. The van der Waals surface area contributed by atoms with Gasteiger partial charge in [0.25, 0.3) is 5.91 Å². The molecule has 3 N–H and O–H groups in total. The molecule has 0 radical (unpaired) electrons. The molecule has 9 heteroatoms. The van der Waals surface area contributed by atoms with Gasteiger partial charge < -0.3 is 25.4 Å². The molecule has 5 aliphatic rings. The van der Waals surface area contributed by atoms with Gasteiger partial charge in [0.05, 0.1) is 6.04 Å². The van der Waals surface area contributed by atoms with E-state index in [9.17, 15) is 14.7 Å². The van der Waals surface area contributed by atoms with E-state index in [-0.39, 0.29) is 29.5 Å². The van der Waals surface area contributed by atoms with Crippen molar-refractivity contribution in [3.63, 3.8) is 0 Å². The average molecular weight is 738 g/mol. The number of piperazine rings is 1. The van der Waals surface area contributed by atoms with Crippen molar-refractivity contribution in [1.29, 1.82) is 0 Å². The van der Waals surface area contributed by atoms with Crippen LogP contribution in [-0.4, -0.2) is 71.7 Å². The van der Waals surface area contributed by atoms with E-state index in [1.807, 2.05) is 18.2 Å². The Kier molecular flexibility index (Phi) is 9.81. The first-order valence-electron chi connectivity index (χ1n) is 20.2. The van der Waals surface area contributed by atoms with Gasteiger partial charge in [-0.15, -0.1) is 0 Å². The number of nitrogens with zero attached hydrogens (tertiary/aromatic N) is 3. The highest BCUT2D eigenvalue weighted by atomic mass is 16.5. The van der Waals surface area contributed by atoms with Gasteiger partial charge in [0.2, 0.25) is 11.8 Å². The SMILES string of the molecule is C=C1CC[C@H](NC(=O)c2ccc3c(n2)OC[C@H]2CN(CC4CCC(c5ccc([C@@H]6c7ccc(O)cc7CC[C@@H]6c6ccccc6)cc5)CC4)CCN32)C(=O)N1. The zero-order valence-corrected chi connectivity index (χ0v) is 31.5.